The van der Waals surface area contributed by atoms with Gasteiger partial charge in [-0.05, 0) is 29.9 Å². The second-order valence-electron chi connectivity index (χ2n) is 3.32. The van der Waals surface area contributed by atoms with Gasteiger partial charge in [0.15, 0.2) is 0 Å². The Kier molecular flexibility index (Phi) is 4.62. The van der Waals surface area contributed by atoms with Crippen LogP contribution in [-0.2, 0) is 16.6 Å². The normalized spacial score (nSPS) is 10.5. The van der Waals surface area contributed by atoms with Gasteiger partial charge in [-0.25, -0.2) is 13.4 Å². The monoisotopic (exact) mass is 272 g/mol. The molecule has 17 heavy (non-hydrogen) atoms. The second kappa shape index (κ2) is 5.77. The molecular weight excluding hydrogens is 260 g/mol. The molecule has 7 heteroatoms. The number of nitrogens with one attached hydrogen (secondary N) is 1. The number of ether oxygens (including phenoxy) is 1. The number of isothiocyanates is 1. The van der Waals surface area contributed by atoms with Gasteiger partial charge in [0.1, 0.15) is 5.75 Å². The summed E-state index contributed by atoms with van der Waals surface area (Å²) in [6.07, 6.45) is 1.08. The van der Waals surface area contributed by atoms with E-state index < -0.39 is 10.0 Å². The first-order valence-electron chi connectivity index (χ1n) is 4.64. The van der Waals surface area contributed by atoms with Gasteiger partial charge >= 0.3 is 0 Å². The van der Waals surface area contributed by atoms with Crippen molar-refractivity contribution < 1.29 is 13.2 Å². The van der Waals surface area contributed by atoms with E-state index in [9.17, 15) is 8.42 Å². The summed E-state index contributed by atoms with van der Waals surface area (Å²) >= 11 is 4.47. The van der Waals surface area contributed by atoms with Crippen LogP contribution in [0.2, 0.25) is 0 Å². The lowest BCUT2D eigenvalue weighted by Gasteiger charge is -2.10. The van der Waals surface area contributed by atoms with Crippen LogP contribution in [0.4, 0.5) is 5.69 Å². The van der Waals surface area contributed by atoms with Crippen molar-refractivity contribution in [2.24, 2.45) is 4.99 Å². The van der Waals surface area contributed by atoms with Gasteiger partial charge in [0, 0.05) is 0 Å². The highest BCUT2D eigenvalue weighted by Gasteiger charge is 2.08. The van der Waals surface area contributed by atoms with E-state index in [0.717, 1.165) is 11.8 Å². The Balaban J connectivity index is 3.05. The number of thiocarbonyl (C=S) groups is 1. The number of hydrogen-bond donors (Lipinski definition) is 1. The SMILES string of the molecule is COc1cc(CN=C=S)ccc1NS(C)(=O)=O. The number of nitrogens with zero attached hydrogens (tertiary/aromatic N) is 1. The molecule has 0 atom stereocenters. The second-order valence-corrected chi connectivity index (χ2v) is 5.25. The third kappa shape index (κ3) is 4.52. The summed E-state index contributed by atoms with van der Waals surface area (Å²) in [4.78, 5) is 3.79. The number of aliphatic imine (C=N–C) groups is 1. The van der Waals surface area contributed by atoms with Crippen LogP contribution < -0.4 is 9.46 Å². The average Bonchev–Trinajstić information content (AvgIpc) is 2.25. The first-order chi connectivity index (χ1) is 7.96. The summed E-state index contributed by atoms with van der Waals surface area (Å²) in [5.41, 5.74) is 1.25. The van der Waals surface area contributed by atoms with Gasteiger partial charge in [-0.15, -0.1) is 0 Å². The summed E-state index contributed by atoms with van der Waals surface area (Å²) in [5.74, 6) is 0.437. The van der Waals surface area contributed by atoms with Gasteiger partial charge in [-0.2, -0.15) is 0 Å². The molecule has 1 N–H and O–H groups in total. The fourth-order valence-electron chi connectivity index (χ4n) is 1.24. The molecule has 0 aromatic heterocycles. The molecule has 1 aromatic rings. The lowest BCUT2D eigenvalue weighted by molar-refractivity contribution is 0.416. The molecule has 5 nitrogen and oxygen atoms in total. The van der Waals surface area contributed by atoms with Crippen LogP contribution in [-0.4, -0.2) is 26.9 Å². The van der Waals surface area contributed by atoms with Gasteiger partial charge in [0.25, 0.3) is 0 Å². The Morgan fingerprint density at radius 1 is 1.53 bits per heavy atom. The van der Waals surface area contributed by atoms with Gasteiger partial charge in [0.05, 0.1) is 30.8 Å². The van der Waals surface area contributed by atoms with Gasteiger partial charge in [-0.3, -0.25) is 4.72 Å². The fraction of sp³-hybridized carbons (Fsp3) is 0.300. The fourth-order valence-corrected chi connectivity index (χ4v) is 1.87. The molecule has 0 aliphatic carbocycles. The van der Waals surface area contributed by atoms with Crippen molar-refractivity contribution in [2.45, 2.75) is 6.54 Å². The van der Waals surface area contributed by atoms with Crippen LogP contribution in [0.15, 0.2) is 23.2 Å². The Bertz CT molecular complexity index is 549. The first-order valence-corrected chi connectivity index (χ1v) is 6.94. The summed E-state index contributed by atoms with van der Waals surface area (Å²) < 4.78 is 29.7. The van der Waals surface area contributed by atoms with Gasteiger partial charge in [0.2, 0.25) is 10.0 Å². The van der Waals surface area contributed by atoms with Crippen molar-refractivity contribution in [1.82, 2.24) is 0 Å². The molecule has 1 rings (SSSR count). The summed E-state index contributed by atoms with van der Waals surface area (Å²) in [6, 6.07) is 5.06. The number of methoxy groups -OCH3 is 1. The topological polar surface area (TPSA) is 67.8 Å². The predicted octanol–water partition coefficient (Wildman–Crippen LogP) is 1.67. The Labute approximate surface area is 106 Å². The van der Waals surface area contributed by atoms with E-state index in [-0.39, 0.29) is 0 Å². The van der Waals surface area contributed by atoms with E-state index >= 15 is 0 Å². The largest absolute Gasteiger partial charge is 0.495 e. The van der Waals surface area contributed by atoms with Crippen molar-refractivity contribution >= 4 is 33.1 Å². The standard InChI is InChI=1S/C10H12N2O3S2/c1-15-10-5-8(6-11-7-16)3-4-9(10)12-17(2,13)14/h3-5,12H,6H2,1-2H3. The molecule has 0 aliphatic rings. The molecule has 0 amide bonds. The Morgan fingerprint density at radius 2 is 2.24 bits per heavy atom. The zero-order valence-corrected chi connectivity index (χ0v) is 11.1. The van der Waals surface area contributed by atoms with E-state index in [1.807, 2.05) is 0 Å². The summed E-state index contributed by atoms with van der Waals surface area (Å²) in [7, 11) is -1.85. The molecule has 1 aromatic carbocycles. The average molecular weight is 272 g/mol. The van der Waals surface area contributed by atoms with E-state index in [0.29, 0.717) is 18.0 Å². The molecule has 0 saturated heterocycles. The van der Waals surface area contributed by atoms with Gasteiger partial charge in [-0.1, -0.05) is 6.07 Å². The minimum absolute atomic E-state index is 0.388. The quantitative estimate of drug-likeness (QED) is 0.654. The minimum atomic E-state index is -3.32. The lowest BCUT2D eigenvalue weighted by Crippen LogP contribution is -2.10. The number of benzene rings is 1. The molecule has 0 fully saturated rings. The lowest BCUT2D eigenvalue weighted by atomic mass is 10.2. The van der Waals surface area contributed by atoms with Crippen LogP contribution in [0, 0.1) is 0 Å². The third-order valence-corrected chi connectivity index (χ3v) is 2.61. The van der Waals surface area contributed by atoms with Gasteiger partial charge < -0.3 is 4.74 Å². The molecule has 0 radical (unpaired) electrons. The zero-order chi connectivity index (χ0) is 12.9. The van der Waals surface area contributed by atoms with Crippen molar-refractivity contribution in [3.05, 3.63) is 23.8 Å². The van der Waals surface area contributed by atoms with Crippen LogP contribution in [0.5, 0.6) is 5.75 Å². The number of anilines is 1. The van der Waals surface area contributed by atoms with Crippen molar-refractivity contribution in [2.75, 3.05) is 18.1 Å². The first kappa shape index (κ1) is 13.6. The smallest absolute Gasteiger partial charge is 0.229 e. The maximum atomic E-state index is 11.1. The highest BCUT2D eigenvalue weighted by molar-refractivity contribution is 7.92. The maximum absolute atomic E-state index is 11.1. The van der Waals surface area contributed by atoms with Crippen LogP contribution >= 0.6 is 12.2 Å². The molecule has 0 heterocycles. The number of sulfonamides is 1. The van der Waals surface area contributed by atoms with E-state index in [1.165, 1.54) is 7.11 Å². The Hall–Kier alpha value is -1.43. The molecule has 92 valence electrons. The summed E-state index contributed by atoms with van der Waals surface area (Å²) in [6.45, 7) is 0.388. The van der Waals surface area contributed by atoms with Crippen LogP contribution in [0.1, 0.15) is 5.56 Å². The zero-order valence-electron chi connectivity index (χ0n) is 9.43. The molecule has 0 saturated carbocycles. The molecule has 0 aliphatic heterocycles. The molecule has 0 spiro atoms. The highest BCUT2D eigenvalue weighted by atomic mass is 32.2. The molecule has 0 unspecified atom stereocenters. The number of rotatable bonds is 5. The van der Waals surface area contributed by atoms with Crippen molar-refractivity contribution in [1.29, 1.82) is 0 Å². The van der Waals surface area contributed by atoms with Crippen LogP contribution in [0.3, 0.4) is 0 Å². The van der Waals surface area contributed by atoms with Crippen molar-refractivity contribution in [3.8, 4) is 5.75 Å². The predicted molar refractivity (Wildman–Crippen MR) is 70.2 cm³/mol. The number of hydrogen-bond acceptors (Lipinski definition) is 5. The third-order valence-electron chi connectivity index (χ3n) is 1.89. The van der Waals surface area contributed by atoms with E-state index in [1.54, 1.807) is 18.2 Å². The maximum Gasteiger partial charge on any atom is 0.229 e. The molecule has 0 bridgehead atoms. The van der Waals surface area contributed by atoms with E-state index in [2.05, 4.69) is 27.1 Å². The van der Waals surface area contributed by atoms with Crippen molar-refractivity contribution in [3.63, 3.8) is 0 Å². The molecular formula is C10H12N2O3S2. The van der Waals surface area contributed by atoms with Crippen LogP contribution in [0.25, 0.3) is 0 Å². The van der Waals surface area contributed by atoms with E-state index in [4.69, 9.17) is 4.74 Å². The summed E-state index contributed by atoms with van der Waals surface area (Å²) in [5, 5.41) is 2.26. The highest BCUT2D eigenvalue weighted by Crippen LogP contribution is 2.26. The Morgan fingerprint density at radius 3 is 2.76 bits per heavy atom. The minimum Gasteiger partial charge on any atom is -0.495 e.